The van der Waals surface area contributed by atoms with Crippen molar-refractivity contribution in [2.24, 2.45) is 0 Å². The van der Waals surface area contributed by atoms with Crippen LogP contribution in [0.4, 0.5) is 29.2 Å². The first kappa shape index (κ1) is 24.8. The van der Waals surface area contributed by atoms with Gasteiger partial charge in [-0.25, -0.2) is 24.1 Å². The lowest BCUT2D eigenvalue weighted by molar-refractivity contribution is -0.137. The summed E-state index contributed by atoms with van der Waals surface area (Å²) in [6.45, 7) is 1.81. The number of fused-ring (bicyclic) bond motifs is 1. The number of aromatic carboxylic acids is 1. The molecule has 37 heavy (non-hydrogen) atoms. The van der Waals surface area contributed by atoms with E-state index in [2.05, 4.69) is 20.3 Å². The van der Waals surface area contributed by atoms with Crippen LogP contribution in [0.3, 0.4) is 0 Å². The van der Waals surface area contributed by atoms with Crippen molar-refractivity contribution in [3.8, 4) is 10.6 Å². The molecular formula is C26H20F4N4O2S. The summed E-state index contributed by atoms with van der Waals surface area (Å²) in [5, 5.41) is 12.3. The highest BCUT2D eigenvalue weighted by Crippen LogP contribution is 2.46. The summed E-state index contributed by atoms with van der Waals surface area (Å²) in [6.07, 6.45) is -0.567. The number of pyridine rings is 2. The number of carbonyl (C=O) groups is 1. The van der Waals surface area contributed by atoms with Crippen molar-refractivity contribution in [2.75, 3.05) is 5.32 Å². The number of rotatable bonds is 5. The lowest BCUT2D eigenvalue weighted by Crippen LogP contribution is -2.27. The number of halogens is 4. The Morgan fingerprint density at radius 1 is 1.11 bits per heavy atom. The summed E-state index contributed by atoms with van der Waals surface area (Å²) in [5.41, 5.74) is -0.240. The van der Waals surface area contributed by atoms with E-state index in [9.17, 15) is 23.1 Å². The predicted molar refractivity (Wildman–Crippen MR) is 131 cm³/mol. The molecule has 4 aromatic rings. The van der Waals surface area contributed by atoms with E-state index in [-0.39, 0.29) is 28.6 Å². The third kappa shape index (κ3) is 4.91. The van der Waals surface area contributed by atoms with Gasteiger partial charge in [0.1, 0.15) is 16.6 Å². The van der Waals surface area contributed by atoms with Crippen molar-refractivity contribution in [2.45, 2.75) is 38.0 Å². The second-order valence-corrected chi connectivity index (χ2v) is 9.86. The molecule has 0 bridgehead atoms. The highest BCUT2D eigenvalue weighted by Gasteiger charge is 2.41. The number of alkyl halides is 4. The largest absolute Gasteiger partial charge is 0.478 e. The minimum absolute atomic E-state index is 0.00822. The highest BCUT2D eigenvalue weighted by molar-refractivity contribution is 7.15. The molecule has 5 rings (SSSR count). The first-order chi connectivity index (χ1) is 17.5. The van der Waals surface area contributed by atoms with Crippen molar-refractivity contribution in [1.29, 1.82) is 0 Å². The first-order valence-corrected chi connectivity index (χ1v) is 12.2. The van der Waals surface area contributed by atoms with Crippen LogP contribution < -0.4 is 5.32 Å². The maximum atomic E-state index is 16.4. The Labute approximate surface area is 213 Å². The average Bonchev–Trinajstić information content (AvgIpc) is 3.35. The van der Waals surface area contributed by atoms with Crippen LogP contribution >= 0.6 is 11.3 Å². The van der Waals surface area contributed by atoms with Crippen LogP contribution in [0.15, 0.2) is 54.9 Å². The molecule has 190 valence electrons. The third-order valence-electron chi connectivity index (χ3n) is 6.16. The number of thiazole rings is 1. The molecule has 1 aliphatic carbocycles. The van der Waals surface area contributed by atoms with Crippen molar-refractivity contribution in [1.82, 2.24) is 15.0 Å². The normalized spacial score (nSPS) is 17.3. The number of benzene rings is 1. The summed E-state index contributed by atoms with van der Waals surface area (Å²) >= 11 is 1.14. The molecular weight excluding hydrogens is 508 g/mol. The van der Waals surface area contributed by atoms with Gasteiger partial charge in [-0.15, -0.1) is 11.3 Å². The summed E-state index contributed by atoms with van der Waals surface area (Å²) in [5.74, 6) is -0.785. The summed E-state index contributed by atoms with van der Waals surface area (Å²) in [7, 11) is 0. The summed E-state index contributed by atoms with van der Waals surface area (Å²) in [4.78, 5) is 24.7. The van der Waals surface area contributed by atoms with Crippen molar-refractivity contribution in [3.63, 3.8) is 0 Å². The minimum atomic E-state index is -4.50. The van der Waals surface area contributed by atoms with Gasteiger partial charge in [0, 0.05) is 12.4 Å². The topological polar surface area (TPSA) is 88.0 Å². The number of nitrogens with zero attached hydrogens (tertiary/aromatic N) is 3. The fourth-order valence-electron chi connectivity index (χ4n) is 4.44. The number of carboxylic acid groups (broad SMARTS) is 1. The smallest absolute Gasteiger partial charge is 0.416 e. The molecule has 0 spiro atoms. The molecule has 1 aromatic carbocycles. The van der Waals surface area contributed by atoms with Crippen LogP contribution in [0.2, 0.25) is 0 Å². The Hall–Kier alpha value is -3.86. The highest BCUT2D eigenvalue weighted by atomic mass is 32.1. The zero-order valence-electron chi connectivity index (χ0n) is 19.4. The van der Waals surface area contributed by atoms with Gasteiger partial charge >= 0.3 is 12.1 Å². The molecule has 0 aliphatic heterocycles. The Kier molecular flexibility index (Phi) is 6.18. The van der Waals surface area contributed by atoms with Crippen LogP contribution in [0.25, 0.3) is 10.6 Å². The van der Waals surface area contributed by atoms with Crippen molar-refractivity contribution in [3.05, 3.63) is 87.7 Å². The number of aromatic nitrogens is 3. The monoisotopic (exact) mass is 528 g/mol. The minimum Gasteiger partial charge on any atom is -0.478 e. The standard InChI is InChI=1S/C26H20F4N4O2S/c1-14-9-19(33-22(10-14)34-21-12-17(6-8-31-21)26(28,29)30)20-13-32-24(37-20)25(27)7-2-3-15-11-16(23(35)36)4-5-18(15)25/h4-6,8-13H,2-3,7H2,1H3,(H,35,36)(H,31,33,34). The van der Waals surface area contributed by atoms with Gasteiger partial charge < -0.3 is 10.4 Å². The van der Waals surface area contributed by atoms with E-state index in [1.165, 1.54) is 24.4 Å². The molecule has 0 saturated carbocycles. The summed E-state index contributed by atoms with van der Waals surface area (Å²) < 4.78 is 55.6. The molecule has 6 nitrogen and oxygen atoms in total. The average molecular weight is 529 g/mol. The fourth-order valence-corrected chi connectivity index (χ4v) is 5.44. The Morgan fingerprint density at radius 3 is 2.68 bits per heavy atom. The molecule has 3 heterocycles. The Balaban J connectivity index is 1.46. The number of aryl methyl sites for hydroxylation is 2. The van der Waals surface area contributed by atoms with Crippen LogP contribution in [-0.2, 0) is 18.3 Å². The van der Waals surface area contributed by atoms with E-state index in [1.807, 2.05) is 6.92 Å². The van der Waals surface area contributed by atoms with Crippen molar-refractivity contribution < 1.29 is 27.5 Å². The van der Waals surface area contributed by atoms with E-state index >= 15 is 4.39 Å². The van der Waals surface area contributed by atoms with Gasteiger partial charge in [0.05, 0.1) is 21.7 Å². The number of nitrogens with one attached hydrogen (secondary N) is 1. The fraction of sp³-hybridized carbons (Fsp3) is 0.231. The number of hydrogen-bond donors (Lipinski definition) is 2. The second kappa shape index (κ2) is 9.22. The molecule has 0 radical (unpaired) electrons. The third-order valence-corrected chi connectivity index (χ3v) is 7.31. The van der Waals surface area contributed by atoms with Gasteiger partial charge in [0.25, 0.3) is 0 Å². The molecule has 3 aromatic heterocycles. The molecule has 0 fully saturated rings. The van der Waals surface area contributed by atoms with E-state index in [0.717, 1.165) is 35.2 Å². The van der Waals surface area contributed by atoms with Crippen LogP contribution in [0, 0.1) is 6.92 Å². The zero-order valence-corrected chi connectivity index (χ0v) is 20.3. The quantitative estimate of drug-likeness (QED) is 0.274. The maximum Gasteiger partial charge on any atom is 0.416 e. The van der Waals surface area contributed by atoms with Crippen LogP contribution in [-0.4, -0.2) is 26.0 Å². The molecule has 1 aliphatic rings. The number of anilines is 2. The maximum absolute atomic E-state index is 16.4. The molecule has 11 heteroatoms. The van der Waals surface area contributed by atoms with Crippen molar-refractivity contribution >= 4 is 28.9 Å². The molecule has 0 saturated heterocycles. The van der Waals surface area contributed by atoms with Gasteiger partial charge in [-0.3, -0.25) is 0 Å². The Morgan fingerprint density at radius 2 is 1.92 bits per heavy atom. The van der Waals surface area contributed by atoms with Gasteiger partial charge in [0.15, 0.2) is 5.67 Å². The van der Waals surface area contributed by atoms with E-state index in [0.29, 0.717) is 34.5 Å². The Bertz CT molecular complexity index is 1500. The second-order valence-electron chi connectivity index (χ2n) is 8.83. The first-order valence-electron chi connectivity index (χ1n) is 11.3. The molecule has 0 amide bonds. The van der Waals surface area contributed by atoms with E-state index in [4.69, 9.17) is 0 Å². The van der Waals surface area contributed by atoms with Gasteiger partial charge in [0.2, 0.25) is 0 Å². The molecule has 1 atom stereocenters. The van der Waals surface area contributed by atoms with Gasteiger partial charge in [-0.2, -0.15) is 13.2 Å². The molecule has 1 unspecified atom stereocenters. The van der Waals surface area contributed by atoms with Crippen LogP contribution in [0.1, 0.15) is 50.5 Å². The van der Waals surface area contributed by atoms with Gasteiger partial charge in [-0.1, -0.05) is 6.07 Å². The van der Waals surface area contributed by atoms with Gasteiger partial charge in [-0.05, 0) is 79.3 Å². The van der Waals surface area contributed by atoms with E-state index in [1.54, 1.807) is 12.1 Å². The number of hydrogen-bond acceptors (Lipinski definition) is 6. The lowest BCUT2D eigenvalue weighted by atomic mass is 9.80. The van der Waals surface area contributed by atoms with E-state index < -0.39 is 23.4 Å². The zero-order chi connectivity index (χ0) is 26.4. The molecule has 2 N–H and O–H groups in total. The predicted octanol–water partition coefficient (Wildman–Crippen LogP) is 6.92. The summed E-state index contributed by atoms with van der Waals surface area (Å²) in [6, 6.07) is 9.67. The number of carboxylic acids is 1. The lowest BCUT2D eigenvalue weighted by Gasteiger charge is -2.30. The SMILES string of the molecule is Cc1cc(Nc2cc(C(F)(F)F)ccn2)nc(-c2cnc(C3(F)CCCc4cc(C(=O)O)ccc43)s2)c1. The van der Waals surface area contributed by atoms with Crippen LogP contribution in [0.5, 0.6) is 0 Å².